The van der Waals surface area contributed by atoms with Gasteiger partial charge in [0, 0.05) is 30.2 Å². The number of allylic oxidation sites excluding steroid dienone is 1. The molecule has 1 N–H and O–H groups in total. The number of nitriles is 1. The van der Waals surface area contributed by atoms with E-state index in [1.54, 1.807) is 7.11 Å². The van der Waals surface area contributed by atoms with Crippen LogP contribution in [0, 0.1) is 11.3 Å². The van der Waals surface area contributed by atoms with Crippen molar-refractivity contribution in [2.45, 2.75) is 12.8 Å². The van der Waals surface area contributed by atoms with Crippen LogP contribution in [0.1, 0.15) is 24.2 Å². The van der Waals surface area contributed by atoms with E-state index in [1.807, 2.05) is 30.3 Å². The molecule has 5 nitrogen and oxygen atoms in total. The molecule has 5 heteroatoms. The quantitative estimate of drug-likeness (QED) is 0.471. The normalized spacial score (nSPS) is 14.4. The van der Waals surface area contributed by atoms with Crippen LogP contribution in [0.25, 0.3) is 33.5 Å². The fraction of sp³-hybridized carbons (Fsp3) is 0.200. The van der Waals surface area contributed by atoms with Gasteiger partial charge in [0.25, 0.3) is 0 Å². The summed E-state index contributed by atoms with van der Waals surface area (Å²) in [5.74, 6) is 1.32. The summed E-state index contributed by atoms with van der Waals surface area (Å²) in [5, 5.41) is 12.2. The summed E-state index contributed by atoms with van der Waals surface area (Å²) >= 11 is 0. The van der Waals surface area contributed by atoms with E-state index in [0.717, 1.165) is 40.8 Å². The molecule has 1 aliphatic rings. The van der Waals surface area contributed by atoms with Crippen molar-refractivity contribution in [3.8, 4) is 11.8 Å². The first-order valence-electron chi connectivity index (χ1n) is 10.2. The van der Waals surface area contributed by atoms with Gasteiger partial charge in [-0.25, -0.2) is 4.98 Å². The van der Waals surface area contributed by atoms with Crippen molar-refractivity contribution in [1.29, 1.82) is 5.26 Å². The minimum absolute atomic E-state index is 0.504. The maximum atomic E-state index is 9.85. The monoisotopic (exact) mass is 394 g/mol. The van der Waals surface area contributed by atoms with Gasteiger partial charge in [0.2, 0.25) is 0 Å². The number of ether oxygens (including phenoxy) is 1. The second-order valence-electron chi connectivity index (χ2n) is 7.55. The van der Waals surface area contributed by atoms with Crippen molar-refractivity contribution in [1.82, 2.24) is 9.97 Å². The third-order valence-electron chi connectivity index (χ3n) is 5.75. The van der Waals surface area contributed by atoms with Gasteiger partial charge in [0.1, 0.15) is 17.6 Å². The SMILES string of the molecule is COc1ccc2nc(/C(C#N)=C\c3ccc(N4CCCC4)c4ccccc34)[nH]c2c1. The third kappa shape index (κ3) is 3.17. The Hall–Kier alpha value is -3.78. The molecule has 30 heavy (non-hydrogen) atoms. The maximum absolute atomic E-state index is 9.85. The Bertz CT molecular complexity index is 1310. The Balaban J connectivity index is 1.61. The smallest absolute Gasteiger partial charge is 0.149 e. The molecule has 0 aliphatic carbocycles. The highest BCUT2D eigenvalue weighted by atomic mass is 16.5. The number of anilines is 1. The molecule has 0 saturated carbocycles. The minimum atomic E-state index is 0.504. The van der Waals surface area contributed by atoms with Crippen LogP contribution in [0.15, 0.2) is 54.6 Å². The molecule has 5 rings (SSSR count). The molecule has 1 saturated heterocycles. The molecule has 0 spiro atoms. The zero-order chi connectivity index (χ0) is 20.5. The van der Waals surface area contributed by atoms with Crippen molar-refractivity contribution in [2.75, 3.05) is 25.1 Å². The first kappa shape index (κ1) is 18.3. The Kier molecular flexibility index (Phi) is 4.61. The number of aromatic nitrogens is 2. The number of methoxy groups -OCH3 is 1. The summed E-state index contributed by atoms with van der Waals surface area (Å²) in [6.07, 6.45) is 4.40. The first-order chi connectivity index (χ1) is 14.8. The lowest BCUT2D eigenvalue weighted by molar-refractivity contribution is 0.415. The molecule has 0 unspecified atom stereocenters. The lowest BCUT2D eigenvalue weighted by Crippen LogP contribution is -2.17. The lowest BCUT2D eigenvalue weighted by Gasteiger charge is -2.20. The fourth-order valence-corrected chi connectivity index (χ4v) is 4.22. The number of imidazole rings is 1. The van der Waals surface area contributed by atoms with Crippen LogP contribution in [0.5, 0.6) is 5.75 Å². The average Bonchev–Trinajstić information content (AvgIpc) is 3.46. The van der Waals surface area contributed by atoms with Crippen molar-refractivity contribution in [3.05, 3.63) is 66.0 Å². The molecule has 148 valence electrons. The summed E-state index contributed by atoms with van der Waals surface area (Å²) in [5.41, 5.74) is 4.45. The Morgan fingerprint density at radius 2 is 1.90 bits per heavy atom. The highest BCUT2D eigenvalue weighted by molar-refractivity contribution is 6.03. The molecule has 0 atom stereocenters. The van der Waals surface area contributed by atoms with Gasteiger partial charge in [0.15, 0.2) is 0 Å². The fourth-order valence-electron chi connectivity index (χ4n) is 4.22. The van der Waals surface area contributed by atoms with Crippen LogP contribution in [-0.2, 0) is 0 Å². The third-order valence-corrected chi connectivity index (χ3v) is 5.75. The number of benzene rings is 3. The van der Waals surface area contributed by atoms with Crippen LogP contribution in [0.2, 0.25) is 0 Å². The standard InChI is InChI=1S/C25H22N4O/c1-30-19-9-10-22-23(15-19)28-25(27-22)18(16-26)14-17-8-11-24(29-12-4-5-13-29)21-7-3-2-6-20(17)21/h2-3,6-11,14-15H,4-5,12-13H2,1H3,(H,27,28)/b18-14-. The number of hydrogen-bond acceptors (Lipinski definition) is 4. The minimum Gasteiger partial charge on any atom is -0.497 e. The van der Waals surface area contributed by atoms with Crippen LogP contribution in [-0.4, -0.2) is 30.2 Å². The molecule has 0 bridgehead atoms. The van der Waals surface area contributed by atoms with E-state index < -0.39 is 0 Å². The van der Waals surface area contributed by atoms with E-state index in [9.17, 15) is 5.26 Å². The van der Waals surface area contributed by atoms with E-state index in [-0.39, 0.29) is 0 Å². The van der Waals surface area contributed by atoms with E-state index in [1.165, 1.54) is 23.9 Å². The van der Waals surface area contributed by atoms with Crippen LogP contribution >= 0.6 is 0 Å². The van der Waals surface area contributed by atoms with Gasteiger partial charge >= 0.3 is 0 Å². The van der Waals surface area contributed by atoms with Gasteiger partial charge in [-0.05, 0) is 48.1 Å². The number of fused-ring (bicyclic) bond motifs is 2. The van der Waals surface area contributed by atoms with Crippen molar-refractivity contribution in [2.24, 2.45) is 0 Å². The predicted octanol–water partition coefficient (Wildman–Crippen LogP) is 5.39. The topological polar surface area (TPSA) is 64.9 Å². The number of aromatic amines is 1. The zero-order valence-corrected chi connectivity index (χ0v) is 16.9. The number of nitrogens with zero attached hydrogens (tertiary/aromatic N) is 3. The molecule has 4 aromatic rings. The molecular weight excluding hydrogens is 372 g/mol. The maximum Gasteiger partial charge on any atom is 0.149 e. The van der Waals surface area contributed by atoms with Gasteiger partial charge in [0.05, 0.1) is 23.7 Å². The Morgan fingerprint density at radius 1 is 1.10 bits per heavy atom. The van der Waals surface area contributed by atoms with E-state index in [2.05, 4.69) is 51.3 Å². The van der Waals surface area contributed by atoms with Crippen molar-refractivity contribution in [3.63, 3.8) is 0 Å². The van der Waals surface area contributed by atoms with Crippen LogP contribution in [0.3, 0.4) is 0 Å². The summed E-state index contributed by atoms with van der Waals surface area (Å²) in [6.45, 7) is 2.20. The summed E-state index contributed by atoms with van der Waals surface area (Å²) in [7, 11) is 1.63. The second-order valence-corrected chi connectivity index (χ2v) is 7.55. The summed E-state index contributed by atoms with van der Waals surface area (Å²) in [6, 6.07) is 20.7. The second kappa shape index (κ2) is 7.57. The Morgan fingerprint density at radius 3 is 2.67 bits per heavy atom. The van der Waals surface area contributed by atoms with E-state index >= 15 is 0 Å². The van der Waals surface area contributed by atoms with Gasteiger partial charge in [-0.2, -0.15) is 5.26 Å². The highest BCUT2D eigenvalue weighted by Crippen LogP contribution is 2.33. The Labute approximate surface area is 175 Å². The predicted molar refractivity (Wildman–Crippen MR) is 122 cm³/mol. The molecule has 1 aromatic heterocycles. The first-order valence-corrected chi connectivity index (χ1v) is 10.2. The van der Waals surface area contributed by atoms with Gasteiger partial charge < -0.3 is 14.6 Å². The number of nitrogens with one attached hydrogen (secondary N) is 1. The largest absolute Gasteiger partial charge is 0.497 e. The average molecular weight is 394 g/mol. The summed E-state index contributed by atoms with van der Waals surface area (Å²) in [4.78, 5) is 10.3. The van der Waals surface area contributed by atoms with Crippen LogP contribution < -0.4 is 9.64 Å². The summed E-state index contributed by atoms with van der Waals surface area (Å²) < 4.78 is 5.28. The molecule has 0 amide bonds. The van der Waals surface area contributed by atoms with E-state index in [4.69, 9.17) is 4.74 Å². The molecule has 1 aliphatic heterocycles. The van der Waals surface area contributed by atoms with Gasteiger partial charge in [-0.15, -0.1) is 0 Å². The van der Waals surface area contributed by atoms with Crippen molar-refractivity contribution >= 4 is 39.1 Å². The van der Waals surface area contributed by atoms with E-state index in [0.29, 0.717) is 11.4 Å². The lowest BCUT2D eigenvalue weighted by atomic mass is 10.0. The number of H-pyrrole nitrogens is 1. The molecular formula is C25H22N4O. The molecule has 2 heterocycles. The number of rotatable bonds is 4. The molecule has 1 fully saturated rings. The molecule has 0 radical (unpaired) electrons. The molecule has 3 aromatic carbocycles. The van der Waals surface area contributed by atoms with Crippen LogP contribution in [0.4, 0.5) is 5.69 Å². The highest BCUT2D eigenvalue weighted by Gasteiger charge is 2.16. The zero-order valence-electron chi connectivity index (χ0n) is 16.9. The van der Waals surface area contributed by atoms with Crippen molar-refractivity contribution < 1.29 is 4.74 Å². The number of hydrogen-bond donors (Lipinski definition) is 1. The van der Waals surface area contributed by atoms with Gasteiger partial charge in [-0.3, -0.25) is 0 Å². The van der Waals surface area contributed by atoms with Gasteiger partial charge in [-0.1, -0.05) is 30.3 Å².